The van der Waals surface area contributed by atoms with Gasteiger partial charge in [0.2, 0.25) is 0 Å². The Hall–Kier alpha value is -1.07. The number of nitrogens with one attached hydrogen (secondary N) is 1. The van der Waals surface area contributed by atoms with Crippen molar-refractivity contribution in [1.29, 1.82) is 0 Å². The summed E-state index contributed by atoms with van der Waals surface area (Å²) < 4.78 is 0.801. The molecule has 1 heterocycles. The van der Waals surface area contributed by atoms with Crippen LogP contribution in [0.3, 0.4) is 0 Å². The molecule has 0 spiro atoms. The highest BCUT2D eigenvalue weighted by atomic mass is 79.9. The molecule has 3 nitrogen and oxygen atoms in total. The van der Waals surface area contributed by atoms with Gasteiger partial charge in [0.25, 0.3) is 0 Å². The Balaban J connectivity index is 2.27. The van der Waals surface area contributed by atoms with Gasteiger partial charge in [-0.3, -0.25) is 0 Å². The number of nitrogens with zero attached hydrogens (tertiary/aromatic N) is 2. The van der Waals surface area contributed by atoms with Crippen LogP contribution in [0, 0.1) is 0 Å². The Morgan fingerprint density at radius 2 is 2.00 bits per heavy atom. The lowest BCUT2D eigenvalue weighted by Gasteiger charge is -2.10. The number of aromatic nitrogens is 2. The summed E-state index contributed by atoms with van der Waals surface area (Å²) in [6.07, 6.45) is 2.07. The van der Waals surface area contributed by atoms with Gasteiger partial charge in [0.15, 0.2) is 0 Å². The Labute approximate surface area is 126 Å². The number of benzene rings is 1. The van der Waals surface area contributed by atoms with Crippen LogP contribution < -0.4 is 5.32 Å². The summed E-state index contributed by atoms with van der Waals surface area (Å²) >= 11 is 5.15. The van der Waals surface area contributed by atoms with Crippen LogP contribution in [0.4, 0.5) is 11.5 Å². The number of anilines is 2. The van der Waals surface area contributed by atoms with Crippen LogP contribution in [-0.4, -0.2) is 16.2 Å². The van der Waals surface area contributed by atoms with Crippen LogP contribution in [0.5, 0.6) is 0 Å². The zero-order valence-corrected chi connectivity index (χ0v) is 13.5. The molecule has 2 rings (SSSR count). The maximum Gasteiger partial charge on any atom is 0.135 e. The molecule has 0 unspecified atom stereocenters. The molecule has 1 aromatic heterocycles. The molecular formula is C14H16BrN3S. The van der Waals surface area contributed by atoms with E-state index >= 15 is 0 Å². The monoisotopic (exact) mass is 337 g/mol. The van der Waals surface area contributed by atoms with Crippen molar-refractivity contribution >= 4 is 39.2 Å². The van der Waals surface area contributed by atoms with Crippen LogP contribution in [0.2, 0.25) is 0 Å². The lowest BCUT2D eigenvalue weighted by atomic mass is 10.2. The lowest BCUT2D eigenvalue weighted by Crippen LogP contribution is -2.02. The van der Waals surface area contributed by atoms with Gasteiger partial charge in [0, 0.05) is 22.6 Å². The maximum absolute atomic E-state index is 4.52. The second-order valence-electron chi connectivity index (χ2n) is 4.45. The van der Waals surface area contributed by atoms with Gasteiger partial charge in [-0.2, -0.15) is 0 Å². The van der Waals surface area contributed by atoms with E-state index in [9.17, 15) is 0 Å². The fourth-order valence-electron chi connectivity index (χ4n) is 1.61. The van der Waals surface area contributed by atoms with E-state index in [1.165, 1.54) is 4.90 Å². The normalized spacial score (nSPS) is 10.8. The molecule has 0 aliphatic rings. The SMILES string of the molecule is CSc1cccc(Nc2cc(Br)nc(C(C)C)n2)c1. The molecule has 5 heteroatoms. The first-order valence-corrected chi connectivity index (χ1v) is 8.06. The highest BCUT2D eigenvalue weighted by molar-refractivity contribution is 9.10. The molecule has 0 saturated heterocycles. The molecule has 1 aromatic carbocycles. The predicted molar refractivity (Wildman–Crippen MR) is 85.3 cm³/mol. The van der Waals surface area contributed by atoms with Crippen molar-refractivity contribution in [2.45, 2.75) is 24.7 Å². The van der Waals surface area contributed by atoms with E-state index < -0.39 is 0 Å². The van der Waals surface area contributed by atoms with Crippen molar-refractivity contribution < 1.29 is 0 Å². The Morgan fingerprint density at radius 3 is 2.68 bits per heavy atom. The quantitative estimate of drug-likeness (QED) is 0.640. The van der Waals surface area contributed by atoms with Crippen molar-refractivity contribution in [3.63, 3.8) is 0 Å². The van der Waals surface area contributed by atoms with Crippen molar-refractivity contribution in [3.8, 4) is 0 Å². The molecule has 0 aliphatic carbocycles. The third kappa shape index (κ3) is 3.94. The third-order valence-corrected chi connectivity index (χ3v) is 3.70. The molecule has 0 radical (unpaired) electrons. The highest BCUT2D eigenvalue weighted by Crippen LogP contribution is 2.23. The zero-order chi connectivity index (χ0) is 13.8. The minimum absolute atomic E-state index is 0.301. The molecule has 1 N–H and O–H groups in total. The van der Waals surface area contributed by atoms with Crippen LogP contribution in [-0.2, 0) is 0 Å². The van der Waals surface area contributed by atoms with E-state index in [1.54, 1.807) is 11.8 Å². The number of hydrogen-bond donors (Lipinski definition) is 1. The van der Waals surface area contributed by atoms with Gasteiger partial charge in [-0.15, -0.1) is 11.8 Å². The van der Waals surface area contributed by atoms with Crippen LogP contribution in [0.1, 0.15) is 25.6 Å². The average Bonchev–Trinajstić information content (AvgIpc) is 2.38. The summed E-state index contributed by atoms with van der Waals surface area (Å²) in [5, 5.41) is 3.32. The molecule has 0 fully saturated rings. The second kappa shape index (κ2) is 6.39. The minimum atomic E-state index is 0.301. The number of halogens is 1. The van der Waals surface area contributed by atoms with Crippen molar-refractivity contribution in [2.24, 2.45) is 0 Å². The smallest absolute Gasteiger partial charge is 0.135 e. The van der Waals surface area contributed by atoms with Crippen molar-refractivity contribution in [1.82, 2.24) is 9.97 Å². The molecule has 0 amide bonds. The lowest BCUT2D eigenvalue weighted by molar-refractivity contribution is 0.771. The highest BCUT2D eigenvalue weighted by Gasteiger charge is 2.07. The van der Waals surface area contributed by atoms with Gasteiger partial charge in [-0.25, -0.2) is 9.97 Å². The zero-order valence-electron chi connectivity index (χ0n) is 11.1. The summed E-state index contributed by atoms with van der Waals surface area (Å²) in [6, 6.07) is 10.1. The molecule has 0 aliphatic heterocycles. The van der Waals surface area contributed by atoms with Gasteiger partial charge in [-0.1, -0.05) is 19.9 Å². The molecule has 0 atom stereocenters. The second-order valence-corrected chi connectivity index (χ2v) is 6.14. The number of rotatable bonds is 4. The summed E-state index contributed by atoms with van der Waals surface area (Å²) in [6.45, 7) is 4.17. The largest absolute Gasteiger partial charge is 0.340 e. The Morgan fingerprint density at radius 1 is 1.21 bits per heavy atom. The molecule has 2 aromatic rings. The van der Waals surface area contributed by atoms with Gasteiger partial charge >= 0.3 is 0 Å². The fourth-order valence-corrected chi connectivity index (χ4v) is 2.46. The van der Waals surface area contributed by atoms with E-state index in [4.69, 9.17) is 0 Å². The molecule has 0 saturated carbocycles. The Bertz CT molecular complexity index is 572. The maximum atomic E-state index is 4.52. The number of hydrogen-bond acceptors (Lipinski definition) is 4. The average molecular weight is 338 g/mol. The molecule has 19 heavy (non-hydrogen) atoms. The van der Waals surface area contributed by atoms with E-state index in [0.717, 1.165) is 21.9 Å². The summed E-state index contributed by atoms with van der Waals surface area (Å²) in [4.78, 5) is 10.1. The summed E-state index contributed by atoms with van der Waals surface area (Å²) in [5.41, 5.74) is 1.03. The minimum Gasteiger partial charge on any atom is -0.340 e. The van der Waals surface area contributed by atoms with Crippen LogP contribution in [0.15, 0.2) is 39.8 Å². The van der Waals surface area contributed by atoms with Gasteiger partial charge in [-0.05, 0) is 40.4 Å². The van der Waals surface area contributed by atoms with Gasteiger partial charge in [0.1, 0.15) is 16.2 Å². The topological polar surface area (TPSA) is 37.8 Å². The predicted octanol–water partition coefficient (Wildman–Crippen LogP) is 4.83. The first-order valence-electron chi connectivity index (χ1n) is 6.04. The first-order chi connectivity index (χ1) is 9.08. The fraction of sp³-hybridized carbons (Fsp3) is 0.286. The summed E-state index contributed by atoms with van der Waals surface area (Å²) in [7, 11) is 0. The van der Waals surface area contributed by atoms with E-state index in [2.05, 4.69) is 63.5 Å². The molecule has 100 valence electrons. The van der Waals surface area contributed by atoms with Crippen LogP contribution >= 0.6 is 27.7 Å². The van der Waals surface area contributed by atoms with Gasteiger partial charge < -0.3 is 5.32 Å². The van der Waals surface area contributed by atoms with Crippen molar-refractivity contribution in [2.75, 3.05) is 11.6 Å². The van der Waals surface area contributed by atoms with Gasteiger partial charge in [0.05, 0.1) is 0 Å². The third-order valence-electron chi connectivity index (χ3n) is 2.57. The standard InChI is InChI=1S/C14H16BrN3S/c1-9(2)14-17-12(15)8-13(18-14)16-10-5-4-6-11(7-10)19-3/h4-9H,1-3H3,(H,16,17,18). The molecular weight excluding hydrogens is 322 g/mol. The summed E-state index contributed by atoms with van der Waals surface area (Å²) in [5.74, 6) is 1.94. The Kier molecular flexibility index (Phi) is 4.82. The van der Waals surface area contributed by atoms with E-state index in [-0.39, 0.29) is 0 Å². The van der Waals surface area contributed by atoms with Crippen LogP contribution in [0.25, 0.3) is 0 Å². The van der Waals surface area contributed by atoms with E-state index in [0.29, 0.717) is 5.92 Å². The van der Waals surface area contributed by atoms with E-state index in [1.807, 2.05) is 18.2 Å². The molecule has 0 bridgehead atoms. The van der Waals surface area contributed by atoms with Crippen molar-refractivity contribution in [3.05, 3.63) is 40.8 Å². The number of thioether (sulfide) groups is 1. The first kappa shape index (κ1) is 14.3.